The van der Waals surface area contributed by atoms with E-state index in [0.717, 1.165) is 18.2 Å². The lowest BCUT2D eigenvalue weighted by molar-refractivity contribution is -0.142. The lowest BCUT2D eigenvalue weighted by Crippen LogP contribution is -2.20. The molecule has 0 bridgehead atoms. The smallest absolute Gasteiger partial charge is 0.416 e. The van der Waals surface area contributed by atoms with Gasteiger partial charge in [0.15, 0.2) is 6.61 Å². The summed E-state index contributed by atoms with van der Waals surface area (Å²) in [4.78, 5) is 23.4. The number of ether oxygens (including phenoxy) is 2. The van der Waals surface area contributed by atoms with Crippen LogP contribution in [0.5, 0.6) is 5.75 Å². The maximum absolute atomic E-state index is 12.6. The van der Waals surface area contributed by atoms with Crippen molar-refractivity contribution in [3.8, 4) is 5.75 Å². The van der Waals surface area contributed by atoms with Crippen LogP contribution in [0.2, 0.25) is 5.02 Å². The van der Waals surface area contributed by atoms with E-state index in [-0.39, 0.29) is 5.56 Å². The van der Waals surface area contributed by atoms with E-state index < -0.39 is 30.2 Å². The van der Waals surface area contributed by atoms with Crippen LogP contribution in [0.15, 0.2) is 48.5 Å². The molecule has 0 atom stereocenters. The number of rotatable bonds is 6. The van der Waals surface area contributed by atoms with Gasteiger partial charge in [-0.3, -0.25) is 4.79 Å². The van der Waals surface area contributed by atoms with Crippen LogP contribution in [-0.4, -0.2) is 25.6 Å². The van der Waals surface area contributed by atoms with Crippen molar-refractivity contribution in [1.82, 2.24) is 0 Å². The van der Waals surface area contributed by atoms with Gasteiger partial charge >= 0.3 is 12.1 Å². The summed E-state index contributed by atoms with van der Waals surface area (Å²) < 4.78 is 47.7. The molecule has 0 saturated heterocycles. The first-order valence-corrected chi connectivity index (χ1v) is 8.22. The molecule has 0 aliphatic carbocycles. The van der Waals surface area contributed by atoms with Crippen LogP contribution in [-0.2, 0) is 20.5 Å². The zero-order valence-corrected chi connectivity index (χ0v) is 15.3. The van der Waals surface area contributed by atoms with Gasteiger partial charge in [0.25, 0.3) is 5.91 Å². The number of alkyl halides is 3. The van der Waals surface area contributed by atoms with Crippen molar-refractivity contribution in [2.24, 2.45) is 0 Å². The van der Waals surface area contributed by atoms with Crippen molar-refractivity contribution in [3.05, 3.63) is 64.7 Å². The zero-order valence-electron chi connectivity index (χ0n) is 14.5. The van der Waals surface area contributed by atoms with Crippen molar-refractivity contribution >= 4 is 35.2 Å². The molecular formula is C19H15ClF3NO4. The maximum atomic E-state index is 12.6. The van der Waals surface area contributed by atoms with Crippen LogP contribution in [0.25, 0.3) is 6.08 Å². The molecule has 0 aliphatic rings. The van der Waals surface area contributed by atoms with Gasteiger partial charge in [0, 0.05) is 11.8 Å². The number of methoxy groups -OCH3 is 1. The van der Waals surface area contributed by atoms with E-state index in [9.17, 15) is 22.8 Å². The number of esters is 1. The largest absolute Gasteiger partial charge is 0.495 e. The number of hydrogen-bond donors (Lipinski definition) is 1. The van der Waals surface area contributed by atoms with E-state index in [1.165, 1.54) is 31.4 Å². The predicted octanol–water partition coefficient (Wildman–Crippen LogP) is 4.56. The Morgan fingerprint density at radius 3 is 2.57 bits per heavy atom. The Morgan fingerprint density at radius 1 is 1.18 bits per heavy atom. The fourth-order valence-electron chi connectivity index (χ4n) is 2.11. The van der Waals surface area contributed by atoms with Crippen LogP contribution in [0.1, 0.15) is 11.1 Å². The molecule has 1 amide bonds. The summed E-state index contributed by atoms with van der Waals surface area (Å²) in [5.41, 5.74) is -0.281. The van der Waals surface area contributed by atoms with E-state index in [1.54, 1.807) is 12.1 Å². The van der Waals surface area contributed by atoms with E-state index in [2.05, 4.69) is 5.32 Å². The summed E-state index contributed by atoms with van der Waals surface area (Å²) >= 11 is 5.94. The van der Waals surface area contributed by atoms with E-state index >= 15 is 0 Å². The number of halogens is 4. The van der Waals surface area contributed by atoms with Crippen molar-refractivity contribution in [2.45, 2.75) is 6.18 Å². The highest BCUT2D eigenvalue weighted by atomic mass is 35.5. The Hall–Kier alpha value is -3.00. The van der Waals surface area contributed by atoms with Gasteiger partial charge in [-0.2, -0.15) is 13.2 Å². The number of hydrogen-bond acceptors (Lipinski definition) is 4. The first kappa shape index (κ1) is 21.3. The Kier molecular flexibility index (Phi) is 7.06. The van der Waals surface area contributed by atoms with Gasteiger partial charge in [0.05, 0.1) is 17.7 Å². The summed E-state index contributed by atoms with van der Waals surface area (Å²) in [7, 11) is 1.45. The summed E-state index contributed by atoms with van der Waals surface area (Å²) in [5, 5.41) is 2.77. The lowest BCUT2D eigenvalue weighted by Gasteiger charge is -2.08. The Balaban J connectivity index is 1.87. The van der Waals surface area contributed by atoms with Crippen LogP contribution in [0, 0.1) is 0 Å². The molecule has 2 rings (SSSR count). The van der Waals surface area contributed by atoms with Crippen molar-refractivity contribution in [3.63, 3.8) is 0 Å². The van der Waals surface area contributed by atoms with Gasteiger partial charge in [0.1, 0.15) is 5.75 Å². The number of anilines is 1. The topological polar surface area (TPSA) is 64.6 Å². The number of amides is 1. The molecule has 1 N–H and O–H groups in total. The monoisotopic (exact) mass is 413 g/mol. The van der Waals surface area contributed by atoms with Crippen molar-refractivity contribution in [2.75, 3.05) is 19.0 Å². The third-order valence-electron chi connectivity index (χ3n) is 3.41. The highest BCUT2D eigenvalue weighted by Gasteiger charge is 2.30. The molecule has 0 spiro atoms. The molecule has 0 fully saturated rings. The van der Waals surface area contributed by atoms with Gasteiger partial charge in [-0.15, -0.1) is 0 Å². The third kappa shape index (κ3) is 6.31. The lowest BCUT2D eigenvalue weighted by atomic mass is 10.1. The molecule has 5 nitrogen and oxygen atoms in total. The van der Waals surface area contributed by atoms with E-state index in [0.29, 0.717) is 16.5 Å². The normalized spacial score (nSPS) is 11.3. The predicted molar refractivity (Wildman–Crippen MR) is 98.1 cm³/mol. The molecule has 2 aromatic rings. The molecule has 0 heterocycles. The van der Waals surface area contributed by atoms with Crippen LogP contribution in [0.3, 0.4) is 0 Å². The molecule has 148 valence electrons. The molecule has 9 heteroatoms. The molecule has 0 saturated carbocycles. The average molecular weight is 414 g/mol. The van der Waals surface area contributed by atoms with Gasteiger partial charge in [-0.25, -0.2) is 4.79 Å². The minimum absolute atomic E-state index is 0.170. The molecule has 0 unspecified atom stereocenters. The molecule has 0 radical (unpaired) electrons. The molecule has 0 aliphatic heterocycles. The Morgan fingerprint density at radius 2 is 1.93 bits per heavy atom. The van der Waals surface area contributed by atoms with E-state index in [1.807, 2.05) is 0 Å². The fourth-order valence-corrected chi connectivity index (χ4v) is 2.37. The number of nitrogens with one attached hydrogen (secondary N) is 1. The molecule has 28 heavy (non-hydrogen) atoms. The SMILES string of the molecule is COc1ccc(NC(=O)COC(=O)/C=C/c2cccc(C(F)(F)F)c2)cc1Cl. The van der Waals surface area contributed by atoms with Gasteiger partial charge in [-0.1, -0.05) is 23.7 Å². The average Bonchev–Trinajstić information content (AvgIpc) is 2.64. The maximum Gasteiger partial charge on any atom is 0.416 e. The van der Waals surface area contributed by atoms with Crippen LogP contribution < -0.4 is 10.1 Å². The van der Waals surface area contributed by atoms with Gasteiger partial charge in [-0.05, 0) is 42.0 Å². The van der Waals surface area contributed by atoms with Crippen molar-refractivity contribution < 1.29 is 32.2 Å². The molecule has 2 aromatic carbocycles. The third-order valence-corrected chi connectivity index (χ3v) is 3.70. The highest BCUT2D eigenvalue weighted by Crippen LogP contribution is 2.30. The summed E-state index contributed by atoms with van der Waals surface area (Å²) in [5.74, 6) is -1.05. The first-order chi connectivity index (χ1) is 13.2. The second kappa shape index (κ2) is 9.27. The second-order valence-corrected chi connectivity index (χ2v) is 5.87. The van der Waals surface area contributed by atoms with Crippen LogP contribution in [0.4, 0.5) is 18.9 Å². The van der Waals surface area contributed by atoms with Gasteiger partial charge < -0.3 is 14.8 Å². The first-order valence-electron chi connectivity index (χ1n) is 7.84. The minimum atomic E-state index is -4.48. The fraction of sp³-hybridized carbons (Fsp3) is 0.158. The standard InChI is InChI=1S/C19H15ClF3NO4/c1-27-16-7-6-14(10-15(16)20)24-17(25)11-28-18(26)8-5-12-3-2-4-13(9-12)19(21,22)23/h2-10H,11H2,1H3,(H,24,25)/b8-5+. The Labute approximate surface area is 163 Å². The summed E-state index contributed by atoms with van der Waals surface area (Å²) in [6, 6.07) is 9.02. The van der Waals surface area contributed by atoms with Crippen LogP contribution >= 0.6 is 11.6 Å². The molecular weight excluding hydrogens is 399 g/mol. The minimum Gasteiger partial charge on any atom is -0.495 e. The quantitative estimate of drug-likeness (QED) is 0.557. The number of carbonyl (C=O) groups is 2. The highest BCUT2D eigenvalue weighted by molar-refractivity contribution is 6.32. The Bertz CT molecular complexity index is 897. The van der Waals surface area contributed by atoms with Crippen molar-refractivity contribution in [1.29, 1.82) is 0 Å². The van der Waals surface area contributed by atoms with E-state index in [4.69, 9.17) is 21.1 Å². The summed E-state index contributed by atoms with van der Waals surface area (Å²) in [6.45, 7) is -0.574. The second-order valence-electron chi connectivity index (χ2n) is 5.46. The van der Waals surface area contributed by atoms with Gasteiger partial charge in [0.2, 0.25) is 0 Å². The molecule has 0 aromatic heterocycles. The zero-order chi connectivity index (χ0) is 20.7. The number of benzene rings is 2. The number of carbonyl (C=O) groups excluding carboxylic acids is 2. The summed E-state index contributed by atoms with van der Waals surface area (Å²) in [6.07, 6.45) is -2.38.